The molecule has 3 saturated heterocycles. The van der Waals surface area contributed by atoms with Crippen LogP contribution in [0.4, 0.5) is 4.39 Å². The SMILES string of the molecule is O=C(N[C@H]1CN2CCC1CC2)c1ncc(Sc2ccc(F)cc2)s1. The summed E-state index contributed by atoms with van der Waals surface area (Å²) in [6.45, 7) is 3.28. The van der Waals surface area contributed by atoms with E-state index in [0.717, 1.165) is 28.7 Å². The van der Waals surface area contributed by atoms with E-state index in [1.54, 1.807) is 18.3 Å². The molecule has 0 saturated carbocycles. The number of amides is 1. The summed E-state index contributed by atoms with van der Waals surface area (Å²) in [7, 11) is 0. The Morgan fingerprint density at radius 1 is 1.29 bits per heavy atom. The molecule has 3 fully saturated rings. The number of carbonyl (C=O) groups is 1. The Labute approximate surface area is 148 Å². The Morgan fingerprint density at radius 2 is 2.04 bits per heavy atom. The molecule has 1 atom stereocenters. The molecule has 0 aliphatic carbocycles. The minimum atomic E-state index is -0.249. The molecular weight excluding hydrogens is 345 g/mol. The number of aromatic nitrogens is 1. The van der Waals surface area contributed by atoms with Crippen molar-refractivity contribution in [1.82, 2.24) is 15.2 Å². The molecular formula is C17H18FN3OS2. The normalized spacial score (nSPS) is 25.6. The van der Waals surface area contributed by atoms with Gasteiger partial charge in [-0.1, -0.05) is 11.8 Å². The molecule has 3 aliphatic rings. The van der Waals surface area contributed by atoms with Crippen molar-refractivity contribution in [2.75, 3.05) is 19.6 Å². The van der Waals surface area contributed by atoms with Gasteiger partial charge in [0.25, 0.3) is 5.91 Å². The maximum Gasteiger partial charge on any atom is 0.280 e. The predicted octanol–water partition coefficient (Wildman–Crippen LogP) is 3.26. The van der Waals surface area contributed by atoms with E-state index in [1.165, 1.54) is 48.1 Å². The van der Waals surface area contributed by atoms with E-state index in [9.17, 15) is 9.18 Å². The van der Waals surface area contributed by atoms with Gasteiger partial charge in [-0.15, -0.1) is 11.3 Å². The van der Waals surface area contributed by atoms with E-state index in [0.29, 0.717) is 10.9 Å². The van der Waals surface area contributed by atoms with Crippen molar-refractivity contribution in [2.45, 2.75) is 28.0 Å². The first-order chi connectivity index (χ1) is 11.7. The number of piperidine rings is 3. The van der Waals surface area contributed by atoms with Crippen molar-refractivity contribution in [3.8, 4) is 0 Å². The molecule has 0 spiro atoms. The monoisotopic (exact) mass is 363 g/mol. The minimum Gasteiger partial charge on any atom is -0.346 e. The molecule has 126 valence electrons. The Hall–Kier alpha value is -1.44. The second kappa shape index (κ2) is 6.82. The number of fused-ring (bicyclic) bond motifs is 3. The molecule has 24 heavy (non-hydrogen) atoms. The molecule has 1 N–H and O–H groups in total. The van der Waals surface area contributed by atoms with Gasteiger partial charge >= 0.3 is 0 Å². The van der Waals surface area contributed by atoms with Gasteiger partial charge in [-0.3, -0.25) is 4.79 Å². The van der Waals surface area contributed by atoms with E-state index >= 15 is 0 Å². The Balaban J connectivity index is 1.39. The van der Waals surface area contributed by atoms with Crippen molar-refractivity contribution in [3.63, 3.8) is 0 Å². The van der Waals surface area contributed by atoms with Gasteiger partial charge < -0.3 is 10.2 Å². The van der Waals surface area contributed by atoms with Crippen molar-refractivity contribution >= 4 is 29.0 Å². The summed E-state index contributed by atoms with van der Waals surface area (Å²) in [4.78, 5) is 20.1. The third kappa shape index (κ3) is 3.48. The maximum absolute atomic E-state index is 12.9. The third-order valence-electron chi connectivity index (χ3n) is 4.68. The van der Waals surface area contributed by atoms with Crippen molar-refractivity contribution < 1.29 is 9.18 Å². The third-order valence-corrected chi connectivity index (χ3v) is 6.79. The first kappa shape index (κ1) is 16.1. The largest absolute Gasteiger partial charge is 0.346 e. The van der Waals surface area contributed by atoms with Crippen LogP contribution in [0.3, 0.4) is 0 Å². The van der Waals surface area contributed by atoms with Crippen molar-refractivity contribution in [2.24, 2.45) is 5.92 Å². The summed E-state index contributed by atoms with van der Waals surface area (Å²) >= 11 is 2.87. The summed E-state index contributed by atoms with van der Waals surface area (Å²) in [5, 5.41) is 3.66. The van der Waals surface area contributed by atoms with Crippen LogP contribution >= 0.6 is 23.1 Å². The van der Waals surface area contributed by atoms with Gasteiger partial charge in [0.15, 0.2) is 5.01 Å². The van der Waals surface area contributed by atoms with E-state index < -0.39 is 0 Å². The highest BCUT2D eigenvalue weighted by molar-refractivity contribution is 8.01. The van der Waals surface area contributed by atoms with Crippen LogP contribution in [-0.4, -0.2) is 41.5 Å². The van der Waals surface area contributed by atoms with Gasteiger partial charge in [0, 0.05) is 17.5 Å². The van der Waals surface area contributed by atoms with Gasteiger partial charge in [0.1, 0.15) is 5.82 Å². The van der Waals surface area contributed by atoms with Gasteiger partial charge in [-0.05, 0) is 56.1 Å². The average molecular weight is 363 g/mol. The lowest BCUT2D eigenvalue weighted by Crippen LogP contribution is -2.57. The summed E-state index contributed by atoms with van der Waals surface area (Å²) < 4.78 is 13.9. The van der Waals surface area contributed by atoms with E-state index in [-0.39, 0.29) is 17.8 Å². The average Bonchev–Trinajstić information content (AvgIpc) is 3.07. The van der Waals surface area contributed by atoms with E-state index in [1.807, 2.05) is 0 Å². The smallest absolute Gasteiger partial charge is 0.280 e. The van der Waals surface area contributed by atoms with Crippen LogP contribution in [0.25, 0.3) is 0 Å². The van der Waals surface area contributed by atoms with E-state index in [4.69, 9.17) is 0 Å². The highest BCUT2D eigenvalue weighted by Crippen LogP contribution is 2.32. The highest BCUT2D eigenvalue weighted by Gasteiger charge is 2.35. The van der Waals surface area contributed by atoms with Crippen LogP contribution < -0.4 is 5.32 Å². The Kier molecular flexibility index (Phi) is 4.56. The molecule has 4 nitrogen and oxygen atoms in total. The van der Waals surface area contributed by atoms with Gasteiger partial charge in [-0.2, -0.15) is 0 Å². The van der Waals surface area contributed by atoms with Gasteiger partial charge in [-0.25, -0.2) is 9.37 Å². The van der Waals surface area contributed by atoms with Gasteiger partial charge in [0.2, 0.25) is 0 Å². The maximum atomic E-state index is 12.9. The van der Waals surface area contributed by atoms with Crippen LogP contribution in [-0.2, 0) is 0 Å². The van der Waals surface area contributed by atoms with Gasteiger partial charge in [0.05, 0.1) is 10.4 Å². The summed E-state index contributed by atoms with van der Waals surface area (Å²) in [5.74, 6) is 0.276. The van der Waals surface area contributed by atoms with Crippen LogP contribution in [0.15, 0.2) is 39.6 Å². The molecule has 3 aliphatic heterocycles. The molecule has 0 unspecified atom stereocenters. The lowest BCUT2D eigenvalue weighted by atomic mass is 9.84. The molecule has 0 radical (unpaired) electrons. The molecule has 2 aromatic rings. The molecule has 1 amide bonds. The van der Waals surface area contributed by atoms with Crippen LogP contribution in [0.5, 0.6) is 0 Å². The summed E-state index contributed by atoms with van der Waals surface area (Å²) in [5.41, 5.74) is 0. The van der Waals surface area contributed by atoms with Crippen LogP contribution in [0, 0.1) is 11.7 Å². The quantitative estimate of drug-likeness (QED) is 0.906. The van der Waals surface area contributed by atoms with Crippen molar-refractivity contribution in [1.29, 1.82) is 0 Å². The second-order valence-electron chi connectivity index (χ2n) is 6.26. The molecule has 5 rings (SSSR count). The fourth-order valence-corrected chi connectivity index (χ4v) is 5.24. The van der Waals surface area contributed by atoms with Crippen LogP contribution in [0.1, 0.15) is 22.6 Å². The second-order valence-corrected chi connectivity index (χ2v) is 8.66. The summed E-state index contributed by atoms with van der Waals surface area (Å²) in [6, 6.07) is 6.57. The number of carbonyl (C=O) groups excluding carboxylic acids is 1. The zero-order valence-electron chi connectivity index (χ0n) is 13.1. The number of hydrogen-bond acceptors (Lipinski definition) is 5. The lowest BCUT2D eigenvalue weighted by Gasteiger charge is -2.44. The molecule has 1 aromatic heterocycles. The molecule has 2 bridgehead atoms. The number of rotatable bonds is 4. The number of nitrogens with zero attached hydrogens (tertiary/aromatic N) is 2. The topological polar surface area (TPSA) is 45.2 Å². The standard InChI is InChI=1S/C17H18FN3OS2/c18-12-1-3-13(4-2-12)23-15-9-19-17(24-15)16(22)20-14-10-21-7-5-11(14)6-8-21/h1-4,9,11,14H,5-8,10H2,(H,20,22)/t14-/m0/s1. The molecule has 7 heteroatoms. The Morgan fingerprint density at radius 3 is 2.71 bits per heavy atom. The fourth-order valence-electron chi connectivity index (χ4n) is 3.39. The summed E-state index contributed by atoms with van der Waals surface area (Å²) in [6.07, 6.45) is 4.06. The molecule has 1 aromatic carbocycles. The zero-order chi connectivity index (χ0) is 16.5. The number of halogens is 1. The fraction of sp³-hybridized carbons (Fsp3) is 0.412. The van der Waals surface area contributed by atoms with E-state index in [2.05, 4.69) is 15.2 Å². The minimum absolute atomic E-state index is 0.0790. The number of thiazole rings is 1. The number of nitrogens with one attached hydrogen (secondary N) is 1. The highest BCUT2D eigenvalue weighted by atomic mass is 32.2. The number of hydrogen-bond donors (Lipinski definition) is 1. The van der Waals surface area contributed by atoms with Crippen molar-refractivity contribution in [3.05, 3.63) is 41.3 Å². The zero-order valence-corrected chi connectivity index (χ0v) is 14.7. The molecule has 4 heterocycles. The predicted molar refractivity (Wildman–Crippen MR) is 93.1 cm³/mol. The lowest BCUT2D eigenvalue weighted by molar-refractivity contribution is 0.0620. The number of benzene rings is 1. The first-order valence-corrected chi connectivity index (χ1v) is 9.73. The first-order valence-electron chi connectivity index (χ1n) is 8.10. The van der Waals surface area contributed by atoms with Crippen LogP contribution in [0.2, 0.25) is 0 Å². The Bertz CT molecular complexity index is 726.